The second kappa shape index (κ2) is 10.9. The highest BCUT2D eigenvalue weighted by Gasteiger charge is 2.25. The first-order valence-electron chi connectivity index (χ1n) is 12.0. The topological polar surface area (TPSA) is 81.1 Å². The molecular weight excluding hydrogens is 466 g/mol. The molecular formula is C26H31N3O3S2. The van der Waals surface area contributed by atoms with E-state index in [9.17, 15) is 14.4 Å². The van der Waals surface area contributed by atoms with Gasteiger partial charge < -0.3 is 5.32 Å². The Kier molecular flexibility index (Phi) is 7.88. The number of aromatic nitrogens is 2. The number of thiophene rings is 1. The fourth-order valence-electron chi connectivity index (χ4n) is 4.31. The molecule has 3 aromatic rings. The summed E-state index contributed by atoms with van der Waals surface area (Å²) in [6.45, 7) is 6.11. The van der Waals surface area contributed by atoms with Crippen molar-refractivity contribution in [3.8, 4) is 0 Å². The van der Waals surface area contributed by atoms with Gasteiger partial charge in [-0.25, -0.2) is 4.98 Å². The summed E-state index contributed by atoms with van der Waals surface area (Å²) in [4.78, 5) is 45.1. The fourth-order valence-corrected chi connectivity index (χ4v) is 6.55. The van der Waals surface area contributed by atoms with Gasteiger partial charge in [0.1, 0.15) is 4.83 Å². The second-order valence-corrected chi connectivity index (χ2v) is 11.2. The fraction of sp³-hybridized carbons (Fsp3) is 0.462. The largest absolute Gasteiger partial charge is 0.325 e. The van der Waals surface area contributed by atoms with E-state index in [-0.39, 0.29) is 17.2 Å². The molecule has 1 unspecified atom stereocenters. The molecule has 180 valence electrons. The number of carbonyl (C=O) groups is 2. The molecule has 0 fully saturated rings. The average molecular weight is 498 g/mol. The zero-order valence-electron chi connectivity index (χ0n) is 20.0. The van der Waals surface area contributed by atoms with Gasteiger partial charge in [0.15, 0.2) is 10.9 Å². The summed E-state index contributed by atoms with van der Waals surface area (Å²) in [5, 5.41) is 3.83. The van der Waals surface area contributed by atoms with Gasteiger partial charge in [0, 0.05) is 22.7 Å². The molecule has 4 rings (SSSR count). The number of rotatable bonds is 10. The Bertz CT molecular complexity index is 1280. The van der Waals surface area contributed by atoms with Crippen molar-refractivity contribution < 1.29 is 9.59 Å². The van der Waals surface area contributed by atoms with Crippen molar-refractivity contribution in [1.82, 2.24) is 9.55 Å². The van der Waals surface area contributed by atoms with Crippen LogP contribution < -0.4 is 10.9 Å². The summed E-state index contributed by atoms with van der Waals surface area (Å²) in [5.41, 5.74) is 2.36. The van der Waals surface area contributed by atoms with E-state index >= 15 is 0 Å². The molecule has 1 atom stereocenters. The molecule has 1 amide bonds. The molecule has 0 bridgehead atoms. The van der Waals surface area contributed by atoms with E-state index in [4.69, 9.17) is 4.98 Å². The van der Waals surface area contributed by atoms with E-state index in [1.54, 1.807) is 40.2 Å². The molecule has 1 aromatic carbocycles. The van der Waals surface area contributed by atoms with Gasteiger partial charge in [0.25, 0.3) is 5.56 Å². The lowest BCUT2D eigenvalue weighted by Crippen LogP contribution is -2.27. The number of ketones is 1. The Morgan fingerprint density at radius 3 is 2.82 bits per heavy atom. The Morgan fingerprint density at radius 1 is 1.24 bits per heavy atom. The number of nitrogens with one attached hydrogen (secondary N) is 1. The molecule has 0 radical (unpaired) electrons. The summed E-state index contributed by atoms with van der Waals surface area (Å²) in [6, 6.07) is 6.93. The van der Waals surface area contributed by atoms with Gasteiger partial charge in [-0.1, -0.05) is 50.1 Å². The predicted molar refractivity (Wildman–Crippen MR) is 140 cm³/mol. The van der Waals surface area contributed by atoms with Crippen molar-refractivity contribution in [2.24, 2.45) is 0 Å². The van der Waals surface area contributed by atoms with Crippen molar-refractivity contribution in [2.45, 2.75) is 82.7 Å². The summed E-state index contributed by atoms with van der Waals surface area (Å²) >= 11 is 2.95. The van der Waals surface area contributed by atoms with E-state index in [0.717, 1.165) is 55.2 Å². The Labute approximate surface area is 208 Å². The monoisotopic (exact) mass is 497 g/mol. The lowest BCUT2D eigenvalue weighted by Gasteiger charge is -2.16. The number of hydrogen-bond donors (Lipinski definition) is 1. The molecule has 0 aliphatic heterocycles. The van der Waals surface area contributed by atoms with E-state index in [1.165, 1.54) is 29.1 Å². The molecule has 0 saturated carbocycles. The van der Waals surface area contributed by atoms with Crippen LogP contribution in [0.15, 0.2) is 34.2 Å². The highest BCUT2D eigenvalue weighted by atomic mass is 32.2. The summed E-state index contributed by atoms with van der Waals surface area (Å²) in [5.74, 6) is -0.239. The SMILES string of the molecule is CCCCCCn1c(SC(C)C(=O)Nc2cccc(C(C)=O)c2)nc2sc3c(c2c1=O)CCC3. The maximum absolute atomic E-state index is 13.6. The van der Waals surface area contributed by atoms with Gasteiger partial charge in [-0.05, 0) is 57.2 Å². The maximum atomic E-state index is 13.6. The van der Waals surface area contributed by atoms with E-state index in [1.807, 2.05) is 6.92 Å². The van der Waals surface area contributed by atoms with Crippen LogP contribution in [-0.4, -0.2) is 26.5 Å². The second-order valence-electron chi connectivity index (χ2n) is 8.84. The lowest BCUT2D eigenvalue weighted by atomic mass is 10.1. The third-order valence-corrected chi connectivity index (χ3v) is 8.49. The molecule has 0 saturated heterocycles. The number of carbonyl (C=O) groups excluding carboxylic acids is 2. The van der Waals surface area contributed by atoms with Crippen LogP contribution in [0.3, 0.4) is 0 Å². The van der Waals surface area contributed by atoms with Crippen LogP contribution >= 0.6 is 23.1 Å². The van der Waals surface area contributed by atoms with Crippen molar-refractivity contribution in [3.63, 3.8) is 0 Å². The Morgan fingerprint density at radius 2 is 2.06 bits per heavy atom. The van der Waals surface area contributed by atoms with E-state index in [0.29, 0.717) is 23.0 Å². The first-order valence-corrected chi connectivity index (χ1v) is 13.7. The minimum Gasteiger partial charge on any atom is -0.325 e. The van der Waals surface area contributed by atoms with Gasteiger partial charge in [-0.15, -0.1) is 11.3 Å². The first kappa shape index (κ1) is 24.7. The number of anilines is 1. The Balaban J connectivity index is 1.59. The molecule has 8 heteroatoms. The third-order valence-electron chi connectivity index (χ3n) is 6.21. The highest BCUT2D eigenvalue weighted by molar-refractivity contribution is 8.00. The lowest BCUT2D eigenvalue weighted by molar-refractivity contribution is -0.115. The van der Waals surface area contributed by atoms with Gasteiger partial charge in [-0.3, -0.25) is 19.0 Å². The normalized spacial score (nSPS) is 13.7. The number of hydrogen-bond acceptors (Lipinski definition) is 6. The number of nitrogens with zero attached hydrogens (tertiary/aromatic N) is 2. The molecule has 6 nitrogen and oxygen atoms in total. The standard InChI is InChI=1S/C26H31N3O3S2/c1-4-5-6-7-14-29-25(32)22-20-12-9-13-21(20)34-24(22)28-26(29)33-17(3)23(31)27-19-11-8-10-18(15-19)16(2)30/h8,10-11,15,17H,4-7,9,12-14H2,1-3H3,(H,27,31). The van der Waals surface area contributed by atoms with Crippen molar-refractivity contribution in [3.05, 3.63) is 50.6 Å². The van der Waals surface area contributed by atoms with Gasteiger partial charge >= 0.3 is 0 Å². The Hall–Kier alpha value is -2.45. The van der Waals surface area contributed by atoms with Crippen LogP contribution in [0.25, 0.3) is 10.2 Å². The summed E-state index contributed by atoms with van der Waals surface area (Å²) < 4.78 is 1.79. The number of Topliss-reactive ketones (excluding diaryl/α,β-unsaturated/α-hetero) is 1. The van der Waals surface area contributed by atoms with Crippen molar-refractivity contribution >= 4 is 50.7 Å². The molecule has 34 heavy (non-hydrogen) atoms. The third kappa shape index (κ3) is 5.28. The zero-order valence-corrected chi connectivity index (χ0v) is 21.6. The predicted octanol–water partition coefficient (Wildman–Crippen LogP) is 5.85. The number of amides is 1. The average Bonchev–Trinajstić information content (AvgIpc) is 3.39. The molecule has 2 heterocycles. The molecule has 1 N–H and O–H groups in total. The molecule has 2 aromatic heterocycles. The van der Waals surface area contributed by atoms with Crippen LogP contribution in [0.5, 0.6) is 0 Å². The minimum absolute atomic E-state index is 0.0326. The molecule has 1 aliphatic rings. The van der Waals surface area contributed by atoms with Gasteiger partial charge in [0.05, 0.1) is 10.6 Å². The van der Waals surface area contributed by atoms with E-state index < -0.39 is 5.25 Å². The number of aryl methyl sites for hydroxylation is 2. The van der Waals surface area contributed by atoms with Crippen LogP contribution in [0, 0.1) is 0 Å². The summed E-state index contributed by atoms with van der Waals surface area (Å²) in [7, 11) is 0. The molecule has 0 spiro atoms. The summed E-state index contributed by atoms with van der Waals surface area (Å²) in [6.07, 6.45) is 7.33. The number of thioether (sulfide) groups is 1. The van der Waals surface area contributed by atoms with Crippen LogP contribution in [0.1, 0.15) is 73.7 Å². The van der Waals surface area contributed by atoms with Gasteiger partial charge in [-0.2, -0.15) is 0 Å². The van der Waals surface area contributed by atoms with Crippen LogP contribution in [0.2, 0.25) is 0 Å². The van der Waals surface area contributed by atoms with E-state index in [2.05, 4.69) is 12.2 Å². The van der Waals surface area contributed by atoms with Crippen LogP contribution in [0.4, 0.5) is 5.69 Å². The van der Waals surface area contributed by atoms with Crippen LogP contribution in [-0.2, 0) is 24.2 Å². The van der Waals surface area contributed by atoms with Crippen molar-refractivity contribution in [1.29, 1.82) is 0 Å². The smallest absolute Gasteiger partial charge is 0.263 e. The van der Waals surface area contributed by atoms with Crippen molar-refractivity contribution in [2.75, 3.05) is 5.32 Å². The number of fused-ring (bicyclic) bond motifs is 3. The minimum atomic E-state index is -0.459. The first-order chi connectivity index (χ1) is 16.4. The zero-order chi connectivity index (χ0) is 24.2. The number of benzene rings is 1. The quantitative estimate of drug-likeness (QED) is 0.164. The number of unbranched alkanes of at least 4 members (excludes halogenated alkanes) is 3. The van der Waals surface area contributed by atoms with Gasteiger partial charge in [0.2, 0.25) is 5.91 Å². The molecule has 1 aliphatic carbocycles. The highest BCUT2D eigenvalue weighted by Crippen LogP contribution is 2.36. The maximum Gasteiger partial charge on any atom is 0.263 e.